The Morgan fingerprint density at radius 3 is 2.67 bits per heavy atom. The molecule has 0 heterocycles. The van der Waals surface area contributed by atoms with Crippen molar-refractivity contribution in [3.63, 3.8) is 0 Å². The smallest absolute Gasteiger partial charge is 0.331 e. The van der Waals surface area contributed by atoms with Gasteiger partial charge >= 0.3 is 5.97 Å². The van der Waals surface area contributed by atoms with Gasteiger partial charge in [-0.1, -0.05) is 36.8 Å². The molecule has 0 radical (unpaired) electrons. The number of ether oxygens (including phenoxy) is 1. The molecule has 0 spiro atoms. The minimum atomic E-state index is -0.227. The number of hydrogen-bond acceptors (Lipinski definition) is 3. The lowest BCUT2D eigenvalue weighted by molar-refractivity contribution is -0.147. The van der Waals surface area contributed by atoms with Crippen LogP contribution in [0.15, 0.2) is 36.4 Å². The summed E-state index contributed by atoms with van der Waals surface area (Å²) in [4.78, 5) is 14.2. The van der Waals surface area contributed by atoms with Crippen LogP contribution in [0.3, 0.4) is 0 Å². The van der Waals surface area contributed by atoms with Gasteiger partial charge in [-0.05, 0) is 45.0 Å². The SMILES string of the molecule is CN(C)CC1CCCCC1OC(=O)/C=C/c1ccccc1. The lowest BCUT2D eigenvalue weighted by Gasteiger charge is -2.32. The van der Waals surface area contributed by atoms with Crippen molar-refractivity contribution < 1.29 is 9.53 Å². The first-order chi connectivity index (χ1) is 10.1. The summed E-state index contributed by atoms with van der Waals surface area (Å²) in [5.41, 5.74) is 1.02. The Bertz CT molecular complexity index is 467. The van der Waals surface area contributed by atoms with Crippen molar-refractivity contribution in [1.29, 1.82) is 0 Å². The number of hydrogen-bond donors (Lipinski definition) is 0. The fourth-order valence-corrected chi connectivity index (χ4v) is 2.92. The Morgan fingerprint density at radius 1 is 1.24 bits per heavy atom. The van der Waals surface area contributed by atoms with Crippen molar-refractivity contribution in [3.05, 3.63) is 42.0 Å². The van der Waals surface area contributed by atoms with Crippen molar-refractivity contribution in [2.45, 2.75) is 31.8 Å². The van der Waals surface area contributed by atoms with Crippen molar-refractivity contribution in [3.8, 4) is 0 Å². The predicted octanol–water partition coefficient (Wildman–Crippen LogP) is 3.36. The number of carbonyl (C=O) groups excluding carboxylic acids is 1. The summed E-state index contributed by atoms with van der Waals surface area (Å²) in [6.45, 7) is 0.986. The molecule has 21 heavy (non-hydrogen) atoms. The van der Waals surface area contributed by atoms with E-state index in [0.29, 0.717) is 5.92 Å². The largest absolute Gasteiger partial charge is 0.459 e. The zero-order valence-electron chi connectivity index (χ0n) is 13.0. The summed E-state index contributed by atoms with van der Waals surface area (Å²) >= 11 is 0. The third-order valence-corrected chi connectivity index (χ3v) is 3.92. The minimum Gasteiger partial charge on any atom is -0.459 e. The molecule has 0 saturated heterocycles. The van der Waals surface area contributed by atoms with Gasteiger partial charge in [-0.15, -0.1) is 0 Å². The number of rotatable bonds is 5. The van der Waals surface area contributed by atoms with Gasteiger partial charge in [0, 0.05) is 18.5 Å². The average Bonchev–Trinajstić information content (AvgIpc) is 2.48. The molecule has 1 aliphatic carbocycles. The first-order valence-electron chi connectivity index (χ1n) is 7.73. The van der Waals surface area contributed by atoms with Crippen LogP contribution in [0.4, 0.5) is 0 Å². The van der Waals surface area contributed by atoms with Crippen LogP contribution >= 0.6 is 0 Å². The average molecular weight is 287 g/mol. The second-order valence-corrected chi connectivity index (χ2v) is 6.03. The quantitative estimate of drug-likeness (QED) is 0.614. The topological polar surface area (TPSA) is 29.5 Å². The van der Waals surface area contributed by atoms with Crippen LogP contribution in [-0.4, -0.2) is 37.6 Å². The highest BCUT2D eigenvalue weighted by atomic mass is 16.5. The zero-order valence-corrected chi connectivity index (χ0v) is 13.0. The second kappa shape index (κ2) is 7.99. The van der Waals surface area contributed by atoms with E-state index in [1.54, 1.807) is 0 Å². The summed E-state index contributed by atoms with van der Waals surface area (Å²) in [5, 5.41) is 0. The Morgan fingerprint density at radius 2 is 1.95 bits per heavy atom. The maximum absolute atomic E-state index is 12.0. The molecule has 3 heteroatoms. The Balaban J connectivity index is 1.89. The van der Waals surface area contributed by atoms with E-state index in [1.807, 2.05) is 36.4 Å². The molecular weight excluding hydrogens is 262 g/mol. The third kappa shape index (κ3) is 5.35. The van der Waals surface area contributed by atoms with Gasteiger partial charge in [-0.3, -0.25) is 0 Å². The summed E-state index contributed by atoms with van der Waals surface area (Å²) < 4.78 is 5.67. The van der Waals surface area contributed by atoms with Gasteiger partial charge in [0.1, 0.15) is 6.10 Å². The van der Waals surface area contributed by atoms with Gasteiger partial charge < -0.3 is 9.64 Å². The molecule has 0 aromatic heterocycles. The van der Waals surface area contributed by atoms with Crippen molar-refractivity contribution in [1.82, 2.24) is 4.90 Å². The van der Waals surface area contributed by atoms with Gasteiger partial charge in [0.15, 0.2) is 0 Å². The lowest BCUT2D eigenvalue weighted by Crippen LogP contribution is -2.36. The van der Waals surface area contributed by atoms with Crippen molar-refractivity contribution in [2.75, 3.05) is 20.6 Å². The molecule has 1 aliphatic rings. The predicted molar refractivity (Wildman–Crippen MR) is 85.9 cm³/mol. The van der Waals surface area contributed by atoms with E-state index in [4.69, 9.17) is 4.74 Å². The Labute approximate surface area is 127 Å². The number of benzene rings is 1. The van der Waals surface area contributed by atoms with Crippen LogP contribution in [0.5, 0.6) is 0 Å². The first-order valence-corrected chi connectivity index (χ1v) is 7.73. The van der Waals surface area contributed by atoms with Gasteiger partial charge in [-0.2, -0.15) is 0 Å². The zero-order chi connectivity index (χ0) is 15.1. The van der Waals surface area contributed by atoms with Crippen LogP contribution in [0.25, 0.3) is 6.08 Å². The van der Waals surface area contributed by atoms with Crippen LogP contribution < -0.4 is 0 Å². The van der Waals surface area contributed by atoms with E-state index in [0.717, 1.165) is 31.4 Å². The van der Waals surface area contributed by atoms with E-state index < -0.39 is 0 Å². The molecular formula is C18H25NO2. The molecule has 2 unspecified atom stereocenters. The van der Waals surface area contributed by atoms with E-state index in [-0.39, 0.29) is 12.1 Å². The fourth-order valence-electron chi connectivity index (χ4n) is 2.92. The van der Waals surface area contributed by atoms with Gasteiger partial charge in [0.25, 0.3) is 0 Å². The van der Waals surface area contributed by atoms with Crippen LogP contribution in [0, 0.1) is 5.92 Å². The molecule has 114 valence electrons. The molecule has 0 bridgehead atoms. The minimum absolute atomic E-state index is 0.0640. The van der Waals surface area contributed by atoms with E-state index in [2.05, 4.69) is 19.0 Å². The van der Waals surface area contributed by atoms with E-state index >= 15 is 0 Å². The maximum Gasteiger partial charge on any atom is 0.331 e. The van der Waals surface area contributed by atoms with Crippen molar-refractivity contribution in [2.24, 2.45) is 5.92 Å². The fraction of sp³-hybridized carbons (Fsp3) is 0.500. The number of carbonyl (C=O) groups is 1. The highest BCUT2D eigenvalue weighted by Gasteiger charge is 2.28. The van der Waals surface area contributed by atoms with E-state index in [1.165, 1.54) is 12.5 Å². The maximum atomic E-state index is 12.0. The third-order valence-electron chi connectivity index (χ3n) is 3.92. The molecule has 0 amide bonds. The van der Waals surface area contributed by atoms with Gasteiger partial charge in [0.05, 0.1) is 0 Å². The van der Waals surface area contributed by atoms with Crippen LogP contribution in [-0.2, 0) is 9.53 Å². The lowest BCUT2D eigenvalue weighted by atomic mass is 9.86. The molecule has 3 nitrogen and oxygen atoms in total. The summed E-state index contributed by atoms with van der Waals surface area (Å²) in [6.07, 6.45) is 7.95. The van der Waals surface area contributed by atoms with E-state index in [9.17, 15) is 4.79 Å². The summed E-state index contributed by atoms with van der Waals surface area (Å²) in [5.74, 6) is 0.234. The van der Waals surface area contributed by atoms with Crippen LogP contribution in [0.2, 0.25) is 0 Å². The molecule has 0 N–H and O–H groups in total. The highest BCUT2D eigenvalue weighted by Crippen LogP contribution is 2.27. The number of nitrogens with zero attached hydrogens (tertiary/aromatic N) is 1. The van der Waals surface area contributed by atoms with Gasteiger partial charge in [-0.25, -0.2) is 4.79 Å². The number of esters is 1. The normalized spacial score (nSPS) is 22.6. The molecule has 0 aliphatic heterocycles. The second-order valence-electron chi connectivity index (χ2n) is 6.03. The van der Waals surface area contributed by atoms with Crippen LogP contribution in [0.1, 0.15) is 31.2 Å². The summed E-state index contributed by atoms with van der Waals surface area (Å²) in [6, 6.07) is 9.82. The van der Waals surface area contributed by atoms with Crippen molar-refractivity contribution >= 4 is 12.0 Å². The molecule has 1 aromatic rings. The first kappa shape index (κ1) is 15.8. The molecule has 2 atom stereocenters. The molecule has 1 saturated carbocycles. The molecule has 2 rings (SSSR count). The summed E-state index contributed by atoms with van der Waals surface area (Å²) in [7, 11) is 4.14. The van der Waals surface area contributed by atoms with Gasteiger partial charge in [0.2, 0.25) is 0 Å². The molecule has 1 aromatic carbocycles. The highest BCUT2D eigenvalue weighted by molar-refractivity contribution is 5.87. The monoisotopic (exact) mass is 287 g/mol. The standard InChI is InChI=1S/C18H25NO2/c1-19(2)14-16-10-6-7-11-17(16)21-18(20)13-12-15-8-4-3-5-9-15/h3-5,8-9,12-13,16-17H,6-7,10-11,14H2,1-2H3/b13-12+. The molecule has 1 fully saturated rings. The Hall–Kier alpha value is -1.61. The Kier molecular flexibility index (Phi) is 6.00.